The van der Waals surface area contributed by atoms with Gasteiger partial charge in [-0.05, 0) is 48.0 Å². The number of rotatable bonds is 7. The van der Waals surface area contributed by atoms with Crippen LogP contribution in [0.1, 0.15) is 5.56 Å². The lowest BCUT2D eigenvalue weighted by atomic mass is 10.2. The Bertz CT molecular complexity index is 1090. The Balaban J connectivity index is 1.85. The zero-order chi connectivity index (χ0) is 20.9. The maximum Gasteiger partial charge on any atom is 0.245 e. The fourth-order valence-corrected chi connectivity index (χ4v) is 4.07. The molecular formula is C20H17ClFN3O3S. The molecule has 0 saturated carbocycles. The Kier molecular flexibility index (Phi) is 6.58. The molecule has 29 heavy (non-hydrogen) atoms. The van der Waals surface area contributed by atoms with E-state index in [2.05, 4.69) is 10.3 Å². The second-order valence-electron chi connectivity index (χ2n) is 6.15. The lowest BCUT2D eigenvalue weighted by molar-refractivity contribution is -0.116. The number of sulfonamides is 1. The van der Waals surface area contributed by atoms with Gasteiger partial charge in [-0.1, -0.05) is 29.8 Å². The molecular weight excluding hydrogens is 417 g/mol. The topological polar surface area (TPSA) is 79.4 Å². The van der Waals surface area contributed by atoms with Crippen molar-refractivity contribution in [1.29, 1.82) is 0 Å². The highest BCUT2D eigenvalue weighted by atomic mass is 35.5. The number of anilines is 1. The van der Waals surface area contributed by atoms with E-state index < -0.39 is 28.3 Å². The minimum absolute atomic E-state index is 0.0347. The molecule has 3 rings (SSSR count). The van der Waals surface area contributed by atoms with Crippen LogP contribution >= 0.6 is 11.6 Å². The van der Waals surface area contributed by atoms with E-state index in [0.29, 0.717) is 10.6 Å². The number of hydrogen-bond donors (Lipinski definition) is 1. The molecule has 0 aliphatic rings. The van der Waals surface area contributed by atoms with E-state index in [9.17, 15) is 17.6 Å². The smallest absolute Gasteiger partial charge is 0.245 e. The maximum atomic E-state index is 13.3. The van der Waals surface area contributed by atoms with Gasteiger partial charge in [0.05, 0.1) is 6.54 Å². The number of nitrogens with one attached hydrogen (secondary N) is 1. The second-order valence-corrected chi connectivity index (χ2v) is 8.52. The first kappa shape index (κ1) is 20.9. The average molecular weight is 434 g/mol. The number of benzene rings is 2. The van der Waals surface area contributed by atoms with Gasteiger partial charge in [0.2, 0.25) is 15.9 Å². The normalized spacial score (nSPS) is 11.4. The fraction of sp³-hybridized carbons (Fsp3) is 0.100. The monoisotopic (exact) mass is 433 g/mol. The molecule has 0 unspecified atom stereocenters. The molecule has 150 valence electrons. The minimum atomic E-state index is -4.00. The van der Waals surface area contributed by atoms with Crippen LogP contribution < -0.4 is 5.32 Å². The first-order valence-corrected chi connectivity index (χ1v) is 10.4. The zero-order valence-electron chi connectivity index (χ0n) is 15.1. The Morgan fingerprint density at radius 2 is 1.86 bits per heavy atom. The number of aromatic nitrogens is 1. The van der Waals surface area contributed by atoms with Crippen molar-refractivity contribution in [2.45, 2.75) is 11.4 Å². The van der Waals surface area contributed by atoms with E-state index in [-0.39, 0.29) is 17.1 Å². The van der Waals surface area contributed by atoms with Gasteiger partial charge in [-0.15, -0.1) is 0 Å². The molecule has 1 heterocycles. The Morgan fingerprint density at radius 1 is 1.10 bits per heavy atom. The zero-order valence-corrected chi connectivity index (χ0v) is 16.7. The van der Waals surface area contributed by atoms with Gasteiger partial charge in [-0.3, -0.25) is 9.78 Å². The lowest BCUT2D eigenvalue weighted by Gasteiger charge is -2.22. The summed E-state index contributed by atoms with van der Waals surface area (Å²) in [4.78, 5) is 16.3. The fourth-order valence-electron chi connectivity index (χ4n) is 2.59. The predicted molar refractivity (Wildman–Crippen MR) is 108 cm³/mol. The van der Waals surface area contributed by atoms with Crippen LogP contribution in [-0.2, 0) is 21.4 Å². The highest BCUT2D eigenvalue weighted by molar-refractivity contribution is 7.89. The number of pyridine rings is 1. The van der Waals surface area contributed by atoms with Crippen molar-refractivity contribution in [2.24, 2.45) is 0 Å². The van der Waals surface area contributed by atoms with Crippen LogP contribution in [0.5, 0.6) is 0 Å². The van der Waals surface area contributed by atoms with Gasteiger partial charge in [0.1, 0.15) is 10.7 Å². The Hall–Kier alpha value is -2.81. The van der Waals surface area contributed by atoms with E-state index in [4.69, 9.17) is 11.6 Å². The van der Waals surface area contributed by atoms with E-state index in [1.165, 1.54) is 42.7 Å². The lowest BCUT2D eigenvalue weighted by Crippen LogP contribution is -2.37. The summed E-state index contributed by atoms with van der Waals surface area (Å²) in [5.74, 6) is -1.11. The molecule has 1 amide bonds. The third-order valence-electron chi connectivity index (χ3n) is 3.97. The third-order valence-corrected chi connectivity index (χ3v) is 6.00. The third kappa shape index (κ3) is 5.60. The predicted octanol–water partition coefficient (Wildman–Crippen LogP) is 3.70. The van der Waals surface area contributed by atoms with Crippen molar-refractivity contribution in [3.8, 4) is 0 Å². The largest absolute Gasteiger partial charge is 0.325 e. The van der Waals surface area contributed by atoms with E-state index in [1.54, 1.807) is 24.3 Å². The van der Waals surface area contributed by atoms with E-state index in [1.807, 2.05) is 0 Å². The molecule has 3 aromatic rings. The summed E-state index contributed by atoms with van der Waals surface area (Å²) in [7, 11) is -4.00. The summed E-state index contributed by atoms with van der Waals surface area (Å²) in [6.45, 7) is -0.513. The van der Waals surface area contributed by atoms with Crippen molar-refractivity contribution in [1.82, 2.24) is 9.29 Å². The number of amides is 1. The van der Waals surface area contributed by atoms with Crippen molar-refractivity contribution in [2.75, 3.05) is 11.9 Å². The quantitative estimate of drug-likeness (QED) is 0.616. The van der Waals surface area contributed by atoms with Crippen molar-refractivity contribution >= 4 is 33.2 Å². The molecule has 0 atom stereocenters. The summed E-state index contributed by atoms with van der Waals surface area (Å²) in [6.07, 6.45) is 2.67. The molecule has 6 nitrogen and oxygen atoms in total. The summed E-state index contributed by atoms with van der Waals surface area (Å²) in [5.41, 5.74) is 0.889. The number of carbonyl (C=O) groups is 1. The molecule has 1 aromatic heterocycles. The summed E-state index contributed by atoms with van der Waals surface area (Å²) >= 11 is 5.89. The highest BCUT2D eigenvalue weighted by Crippen LogP contribution is 2.19. The van der Waals surface area contributed by atoms with Gasteiger partial charge in [0.25, 0.3) is 0 Å². The maximum absolute atomic E-state index is 13.3. The number of hydrogen-bond acceptors (Lipinski definition) is 4. The minimum Gasteiger partial charge on any atom is -0.325 e. The average Bonchev–Trinajstić information content (AvgIpc) is 2.70. The molecule has 0 bridgehead atoms. The SMILES string of the molecule is O=C(CN(Cc1ccc(Cl)cc1)S(=O)(=O)c1cccnc1)Nc1cccc(F)c1. The molecule has 1 N–H and O–H groups in total. The van der Waals surface area contributed by atoms with Crippen LogP contribution in [0.2, 0.25) is 5.02 Å². The summed E-state index contributed by atoms with van der Waals surface area (Å²) in [6, 6.07) is 14.9. The van der Waals surface area contributed by atoms with Gasteiger partial charge < -0.3 is 5.32 Å². The number of carbonyl (C=O) groups excluding carboxylic acids is 1. The van der Waals surface area contributed by atoms with E-state index >= 15 is 0 Å². The van der Waals surface area contributed by atoms with Crippen LogP contribution in [0.3, 0.4) is 0 Å². The summed E-state index contributed by atoms with van der Waals surface area (Å²) in [5, 5.41) is 3.02. The van der Waals surface area contributed by atoms with Crippen LogP contribution in [-0.4, -0.2) is 30.2 Å². The molecule has 2 aromatic carbocycles. The molecule has 0 spiro atoms. The van der Waals surface area contributed by atoms with Crippen molar-refractivity contribution in [3.63, 3.8) is 0 Å². The van der Waals surface area contributed by atoms with Crippen LogP contribution in [0.15, 0.2) is 78.0 Å². The van der Waals surface area contributed by atoms with Gasteiger partial charge >= 0.3 is 0 Å². The second kappa shape index (κ2) is 9.13. The Labute approximate surface area is 173 Å². The molecule has 0 fully saturated rings. The molecule has 0 saturated heterocycles. The van der Waals surface area contributed by atoms with Gasteiger partial charge in [-0.2, -0.15) is 4.31 Å². The molecule has 0 aliphatic carbocycles. The van der Waals surface area contributed by atoms with Crippen molar-refractivity contribution < 1.29 is 17.6 Å². The van der Waals surface area contributed by atoms with E-state index in [0.717, 1.165) is 10.4 Å². The molecule has 0 radical (unpaired) electrons. The van der Waals surface area contributed by atoms with Gasteiger partial charge in [-0.25, -0.2) is 12.8 Å². The van der Waals surface area contributed by atoms with Crippen LogP contribution in [0.4, 0.5) is 10.1 Å². The van der Waals surface area contributed by atoms with Crippen molar-refractivity contribution in [3.05, 3.63) is 89.5 Å². The van der Waals surface area contributed by atoms with Crippen LogP contribution in [0, 0.1) is 5.82 Å². The molecule has 9 heteroatoms. The first-order chi connectivity index (χ1) is 13.8. The van der Waals surface area contributed by atoms with Gasteiger partial charge in [0, 0.05) is 29.6 Å². The standard InChI is InChI=1S/C20H17ClFN3O3S/c21-16-8-6-15(7-9-16)13-25(29(27,28)19-5-2-10-23-12-19)14-20(26)24-18-4-1-3-17(22)11-18/h1-12H,13-14H2,(H,24,26). The van der Waals surface area contributed by atoms with Gasteiger partial charge in [0.15, 0.2) is 0 Å². The highest BCUT2D eigenvalue weighted by Gasteiger charge is 2.27. The Morgan fingerprint density at radius 3 is 2.52 bits per heavy atom. The number of nitrogens with zero attached hydrogens (tertiary/aromatic N) is 2. The molecule has 0 aliphatic heterocycles. The first-order valence-electron chi connectivity index (χ1n) is 8.54. The summed E-state index contributed by atoms with van der Waals surface area (Å²) < 4.78 is 40.5. The number of halogens is 2. The van der Waals surface area contributed by atoms with Crippen LogP contribution in [0.25, 0.3) is 0 Å².